The van der Waals surface area contributed by atoms with E-state index < -0.39 is 0 Å². The highest BCUT2D eigenvalue weighted by molar-refractivity contribution is 5.79. The molecular formula is C10H17N3O. The van der Waals surface area contributed by atoms with Gasteiger partial charge in [0.1, 0.15) is 6.04 Å². The molecule has 1 heterocycles. The van der Waals surface area contributed by atoms with Crippen molar-refractivity contribution in [2.45, 2.75) is 26.8 Å². The first-order valence-corrected chi connectivity index (χ1v) is 4.98. The van der Waals surface area contributed by atoms with Crippen molar-refractivity contribution in [2.75, 3.05) is 13.1 Å². The van der Waals surface area contributed by atoms with E-state index in [0.717, 1.165) is 13.1 Å². The molecule has 0 saturated heterocycles. The predicted molar refractivity (Wildman–Crippen MR) is 54.9 cm³/mol. The van der Waals surface area contributed by atoms with Gasteiger partial charge in [0, 0.05) is 25.5 Å². The number of nitrogens with zero attached hydrogens (tertiary/aromatic N) is 3. The maximum Gasteiger partial charge on any atom is 0.247 e. The molecule has 14 heavy (non-hydrogen) atoms. The maximum atomic E-state index is 11.9. The highest BCUT2D eigenvalue weighted by Crippen LogP contribution is 2.07. The Morgan fingerprint density at radius 1 is 1.50 bits per heavy atom. The molecule has 0 N–H and O–H groups in total. The summed E-state index contributed by atoms with van der Waals surface area (Å²) in [6, 6.07) is 1.62. The Kier molecular flexibility index (Phi) is 3.68. The van der Waals surface area contributed by atoms with E-state index >= 15 is 0 Å². The van der Waals surface area contributed by atoms with Gasteiger partial charge in [-0.15, -0.1) is 0 Å². The summed E-state index contributed by atoms with van der Waals surface area (Å²) in [5.41, 5.74) is 0. The number of likely N-dealkylation sites (N-methyl/N-ethyl adjacent to an activating group) is 1. The molecule has 0 spiro atoms. The Morgan fingerprint density at radius 3 is 2.57 bits per heavy atom. The number of aromatic nitrogens is 2. The number of amides is 1. The topological polar surface area (TPSA) is 38.1 Å². The van der Waals surface area contributed by atoms with Gasteiger partial charge in [0.25, 0.3) is 0 Å². The van der Waals surface area contributed by atoms with E-state index in [4.69, 9.17) is 0 Å². The van der Waals surface area contributed by atoms with Crippen molar-refractivity contribution >= 4 is 5.91 Å². The van der Waals surface area contributed by atoms with Crippen molar-refractivity contribution in [2.24, 2.45) is 0 Å². The first-order valence-electron chi connectivity index (χ1n) is 4.98. The Balaban J connectivity index is 2.69. The van der Waals surface area contributed by atoms with Gasteiger partial charge in [-0.1, -0.05) is 0 Å². The second kappa shape index (κ2) is 4.79. The first kappa shape index (κ1) is 10.8. The van der Waals surface area contributed by atoms with Crippen LogP contribution >= 0.6 is 0 Å². The molecule has 1 rings (SSSR count). The molecule has 1 aromatic heterocycles. The Hall–Kier alpha value is -1.32. The smallest absolute Gasteiger partial charge is 0.247 e. The SMILES string of the molecule is CCN(CC)C(=O)C(C)n1cccn1. The van der Waals surface area contributed by atoms with Crippen LogP contribution in [0.2, 0.25) is 0 Å². The summed E-state index contributed by atoms with van der Waals surface area (Å²) >= 11 is 0. The summed E-state index contributed by atoms with van der Waals surface area (Å²) in [5.74, 6) is 0.124. The number of carbonyl (C=O) groups is 1. The second-order valence-electron chi connectivity index (χ2n) is 3.17. The van der Waals surface area contributed by atoms with Crippen LogP contribution in [0.1, 0.15) is 26.8 Å². The third-order valence-electron chi connectivity index (χ3n) is 2.35. The maximum absolute atomic E-state index is 11.9. The van der Waals surface area contributed by atoms with Crippen molar-refractivity contribution in [1.82, 2.24) is 14.7 Å². The molecule has 78 valence electrons. The molecule has 0 aromatic carbocycles. The minimum atomic E-state index is -0.204. The van der Waals surface area contributed by atoms with Gasteiger partial charge < -0.3 is 4.90 Å². The van der Waals surface area contributed by atoms with E-state index in [1.165, 1.54) is 0 Å². The lowest BCUT2D eigenvalue weighted by Gasteiger charge is -2.22. The van der Waals surface area contributed by atoms with E-state index in [1.807, 2.05) is 37.9 Å². The second-order valence-corrected chi connectivity index (χ2v) is 3.17. The number of hydrogen-bond donors (Lipinski definition) is 0. The molecular weight excluding hydrogens is 178 g/mol. The van der Waals surface area contributed by atoms with Gasteiger partial charge in [-0.05, 0) is 26.8 Å². The summed E-state index contributed by atoms with van der Waals surface area (Å²) in [7, 11) is 0. The third kappa shape index (κ3) is 2.13. The summed E-state index contributed by atoms with van der Waals surface area (Å²) < 4.78 is 1.68. The van der Waals surface area contributed by atoms with Crippen LogP contribution in [0.15, 0.2) is 18.5 Å². The van der Waals surface area contributed by atoms with Crippen LogP contribution in [0.5, 0.6) is 0 Å². The lowest BCUT2D eigenvalue weighted by atomic mass is 10.3. The minimum absolute atomic E-state index is 0.124. The van der Waals surface area contributed by atoms with Crippen LogP contribution in [-0.4, -0.2) is 33.7 Å². The molecule has 0 radical (unpaired) electrons. The number of rotatable bonds is 4. The van der Waals surface area contributed by atoms with Crippen molar-refractivity contribution in [3.05, 3.63) is 18.5 Å². The zero-order valence-corrected chi connectivity index (χ0v) is 8.97. The molecule has 0 aliphatic rings. The van der Waals surface area contributed by atoms with Crippen molar-refractivity contribution in [3.8, 4) is 0 Å². The van der Waals surface area contributed by atoms with E-state index in [1.54, 1.807) is 10.9 Å². The quantitative estimate of drug-likeness (QED) is 0.726. The number of carbonyl (C=O) groups excluding carboxylic acids is 1. The molecule has 1 amide bonds. The zero-order chi connectivity index (χ0) is 10.6. The Morgan fingerprint density at radius 2 is 2.14 bits per heavy atom. The van der Waals surface area contributed by atoms with Gasteiger partial charge >= 0.3 is 0 Å². The highest BCUT2D eigenvalue weighted by Gasteiger charge is 2.19. The molecule has 4 nitrogen and oxygen atoms in total. The molecule has 0 aliphatic carbocycles. The summed E-state index contributed by atoms with van der Waals surface area (Å²) in [4.78, 5) is 13.7. The Bertz CT molecular complexity index is 278. The van der Waals surface area contributed by atoms with Gasteiger partial charge in [0.15, 0.2) is 0 Å². The highest BCUT2D eigenvalue weighted by atomic mass is 16.2. The van der Waals surface area contributed by atoms with Crippen LogP contribution in [-0.2, 0) is 4.79 Å². The predicted octanol–water partition coefficient (Wildman–Crippen LogP) is 1.31. The van der Waals surface area contributed by atoms with Crippen LogP contribution < -0.4 is 0 Å². The fourth-order valence-electron chi connectivity index (χ4n) is 1.42. The van der Waals surface area contributed by atoms with E-state index in [0.29, 0.717) is 0 Å². The van der Waals surface area contributed by atoms with Gasteiger partial charge in [-0.2, -0.15) is 5.10 Å². The molecule has 4 heteroatoms. The average molecular weight is 195 g/mol. The first-order chi connectivity index (χ1) is 6.70. The van der Waals surface area contributed by atoms with Crippen LogP contribution in [0.3, 0.4) is 0 Å². The van der Waals surface area contributed by atoms with Crippen molar-refractivity contribution in [3.63, 3.8) is 0 Å². The summed E-state index contributed by atoms with van der Waals surface area (Å²) in [5, 5.41) is 4.06. The molecule has 0 fully saturated rings. The fraction of sp³-hybridized carbons (Fsp3) is 0.600. The zero-order valence-electron chi connectivity index (χ0n) is 8.97. The van der Waals surface area contributed by atoms with Crippen LogP contribution in [0.25, 0.3) is 0 Å². The van der Waals surface area contributed by atoms with Crippen molar-refractivity contribution < 1.29 is 4.79 Å². The minimum Gasteiger partial charge on any atom is -0.341 e. The lowest BCUT2D eigenvalue weighted by molar-refractivity contribution is -0.134. The molecule has 0 aliphatic heterocycles. The van der Waals surface area contributed by atoms with Crippen molar-refractivity contribution in [1.29, 1.82) is 0 Å². The van der Waals surface area contributed by atoms with Gasteiger partial charge in [0.05, 0.1) is 0 Å². The molecule has 0 saturated carbocycles. The summed E-state index contributed by atoms with van der Waals surface area (Å²) in [6.07, 6.45) is 3.50. The number of hydrogen-bond acceptors (Lipinski definition) is 2. The van der Waals surface area contributed by atoms with E-state index in [2.05, 4.69) is 5.10 Å². The Labute approximate surface area is 84.5 Å². The third-order valence-corrected chi connectivity index (χ3v) is 2.35. The average Bonchev–Trinajstić information content (AvgIpc) is 2.71. The molecule has 1 unspecified atom stereocenters. The summed E-state index contributed by atoms with van der Waals surface area (Å²) in [6.45, 7) is 7.34. The van der Waals surface area contributed by atoms with Gasteiger partial charge in [-0.25, -0.2) is 0 Å². The van der Waals surface area contributed by atoms with Gasteiger partial charge in [-0.3, -0.25) is 9.48 Å². The monoisotopic (exact) mass is 195 g/mol. The standard InChI is InChI=1S/C10H17N3O/c1-4-12(5-2)10(14)9(3)13-8-6-7-11-13/h6-9H,4-5H2,1-3H3. The van der Waals surface area contributed by atoms with E-state index in [9.17, 15) is 4.79 Å². The van der Waals surface area contributed by atoms with Gasteiger partial charge in [0.2, 0.25) is 5.91 Å². The fourth-order valence-corrected chi connectivity index (χ4v) is 1.42. The molecule has 0 bridgehead atoms. The molecule has 1 aromatic rings. The van der Waals surface area contributed by atoms with Crippen LogP contribution in [0, 0.1) is 0 Å². The largest absolute Gasteiger partial charge is 0.341 e. The van der Waals surface area contributed by atoms with Crippen LogP contribution in [0.4, 0.5) is 0 Å². The van der Waals surface area contributed by atoms with E-state index in [-0.39, 0.29) is 11.9 Å². The lowest BCUT2D eigenvalue weighted by Crippen LogP contribution is -2.36. The normalized spacial score (nSPS) is 12.5. The molecule has 1 atom stereocenters.